The van der Waals surface area contributed by atoms with E-state index >= 15 is 0 Å². The highest BCUT2D eigenvalue weighted by Gasteiger charge is 2.25. The standard InChI is InChI=1S/C22H24N2O3/c25-21(15-14-17-8-3-1-4-9-17)23-19-12-7-13-20(16-19)27-22(26)24-18-10-5-2-6-11-18/h1-6,8-11,14-15,19-20H,7,12-13,16H2,(H,23,25)(H,24,26)/b15-14+/t19-,20+/m1/s1. The summed E-state index contributed by atoms with van der Waals surface area (Å²) in [5.74, 6) is -0.127. The first-order valence-electron chi connectivity index (χ1n) is 9.25. The summed E-state index contributed by atoms with van der Waals surface area (Å²) in [7, 11) is 0. The van der Waals surface area contributed by atoms with Crippen molar-refractivity contribution in [1.29, 1.82) is 0 Å². The Balaban J connectivity index is 1.45. The summed E-state index contributed by atoms with van der Waals surface area (Å²) < 4.78 is 5.52. The number of rotatable bonds is 5. The van der Waals surface area contributed by atoms with Crippen LogP contribution in [-0.4, -0.2) is 24.1 Å². The highest BCUT2D eigenvalue weighted by atomic mass is 16.6. The number of carbonyl (C=O) groups excluding carboxylic acids is 2. The normalized spacial score (nSPS) is 19.4. The molecule has 0 spiro atoms. The molecule has 27 heavy (non-hydrogen) atoms. The zero-order valence-electron chi connectivity index (χ0n) is 15.1. The molecule has 0 aliphatic heterocycles. The van der Waals surface area contributed by atoms with Gasteiger partial charge in [0.2, 0.25) is 5.91 Å². The third-order valence-corrected chi connectivity index (χ3v) is 4.49. The minimum absolute atomic E-state index is 0.0150. The molecule has 1 aliphatic rings. The number of hydrogen-bond acceptors (Lipinski definition) is 3. The quantitative estimate of drug-likeness (QED) is 0.774. The smallest absolute Gasteiger partial charge is 0.411 e. The van der Waals surface area contributed by atoms with Gasteiger partial charge < -0.3 is 10.1 Å². The Labute approximate surface area is 159 Å². The van der Waals surface area contributed by atoms with E-state index < -0.39 is 6.09 Å². The van der Waals surface area contributed by atoms with Crippen molar-refractivity contribution in [3.8, 4) is 0 Å². The average Bonchev–Trinajstić information content (AvgIpc) is 2.68. The number of anilines is 1. The van der Waals surface area contributed by atoms with E-state index in [0.717, 1.165) is 24.8 Å². The Morgan fingerprint density at radius 3 is 2.41 bits per heavy atom. The van der Waals surface area contributed by atoms with Crippen LogP contribution in [0.3, 0.4) is 0 Å². The van der Waals surface area contributed by atoms with Crippen LogP contribution in [0.25, 0.3) is 6.08 Å². The van der Waals surface area contributed by atoms with Gasteiger partial charge in [-0.2, -0.15) is 0 Å². The molecule has 1 fully saturated rings. The second kappa shape index (κ2) is 9.57. The molecule has 5 heteroatoms. The van der Waals surface area contributed by atoms with Gasteiger partial charge in [-0.15, -0.1) is 0 Å². The Bertz CT molecular complexity index is 775. The molecule has 2 aromatic rings. The lowest BCUT2D eigenvalue weighted by molar-refractivity contribution is -0.117. The molecule has 0 heterocycles. The predicted molar refractivity (Wildman–Crippen MR) is 106 cm³/mol. The lowest BCUT2D eigenvalue weighted by atomic mass is 9.93. The number of para-hydroxylation sites is 1. The van der Waals surface area contributed by atoms with Gasteiger partial charge in [0.1, 0.15) is 6.10 Å². The summed E-state index contributed by atoms with van der Waals surface area (Å²) in [5.41, 5.74) is 1.68. The summed E-state index contributed by atoms with van der Waals surface area (Å²) in [4.78, 5) is 24.2. The van der Waals surface area contributed by atoms with E-state index in [1.807, 2.05) is 60.7 Å². The molecule has 2 amide bonds. The maximum Gasteiger partial charge on any atom is 0.411 e. The SMILES string of the molecule is O=C(/C=C/c1ccccc1)N[C@@H]1CCC[C@H](OC(=O)Nc2ccccc2)C1. The van der Waals surface area contributed by atoms with Crippen molar-refractivity contribution in [2.24, 2.45) is 0 Å². The second-order valence-corrected chi connectivity index (χ2v) is 6.63. The first kappa shape index (κ1) is 18.7. The lowest BCUT2D eigenvalue weighted by Gasteiger charge is -2.29. The molecular weight excluding hydrogens is 340 g/mol. The van der Waals surface area contributed by atoms with Crippen LogP contribution >= 0.6 is 0 Å². The molecule has 140 valence electrons. The molecule has 0 saturated heterocycles. The van der Waals surface area contributed by atoms with Crippen LogP contribution in [0.4, 0.5) is 10.5 Å². The van der Waals surface area contributed by atoms with Crippen molar-refractivity contribution in [3.63, 3.8) is 0 Å². The topological polar surface area (TPSA) is 67.4 Å². The van der Waals surface area contributed by atoms with Crippen molar-refractivity contribution in [3.05, 3.63) is 72.3 Å². The Kier molecular flexibility index (Phi) is 6.63. The number of carbonyl (C=O) groups is 2. The van der Waals surface area contributed by atoms with E-state index in [-0.39, 0.29) is 18.1 Å². The number of ether oxygens (including phenoxy) is 1. The van der Waals surface area contributed by atoms with Crippen LogP contribution in [0.2, 0.25) is 0 Å². The van der Waals surface area contributed by atoms with E-state index in [1.54, 1.807) is 12.2 Å². The van der Waals surface area contributed by atoms with Crippen LogP contribution in [-0.2, 0) is 9.53 Å². The van der Waals surface area contributed by atoms with Crippen molar-refractivity contribution in [1.82, 2.24) is 5.32 Å². The number of nitrogens with one attached hydrogen (secondary N) is 2. The molecule has 5 nitrogen and oxygen atoms in total. The van der Waals surface area contributed by atoms with Gasteiger partial charge in [0, 0.05) is 24.2 Å². The highest BCUT2D eigenvalue weighted by Crippen LogP contribution is 2.22. The highest BCUT2D eigenvalue weighted by molar-refractivity contribution is 5.91. The van der Waals surface area contributed by atoms with Gasteiger partial charge in [-0.05, 0) is 43.0 Å². The van der Waals surface area contributed by atoms with Crippen molar-refractivity contribution in [2.75, 3.05) is 5.32 Å². The maximum absolute atomic E-state index is 12.1. The Morgan fingerprint density at radius 2 is 1.67 bits per heavy atom. The van der Waals surface area contributed by atoms with Gasteiger partial charge in [0.25, 0.3) is 0 Å². The molecule has 1 aliphatic carbocycles. The summed E-state index contributed by atoms with van der Waals surface area (Å²) in [6.07, 6.45) is 5.94. The summed E-state index contributed by atoms with van der Waals surface area (Å²) >= 11 is 0. The molecule has 2 N–H and O–H groups in total. The van der Waals surface area contributed by atoms with Crippen molar-refractivity contribution in [2.45, 2.75) is 37.8 Å². The Morgan fingerprint density at radius 1 is 0.963 bits per heavy atom. The zero-order chi connectivity index (χ0) is 18.9. The average molecular weight is 364 g/mol. The van der Waals surface area contributed by atoms with E-state index in [9.17, 15) is 9.59 Å². The van der Waals surface area contributed by atoms with Gasteiger partial charge in [-0.25, -0.2) is 4.79 Å². The van der Waals surface area contributed by atoms with Gasteiger partial charge >= 0.3 is 6.09 Å². The first-order valence-corrected chi connectivity index (χ1v) is 9.25. The first-order chi connectivity index (χ1) is 13.2. The van der Waals surface area contributed by atoms with Crippen LogP contribution in [0.15, 0.2) is 66.7 Å². The monoisotopic (exact) mass is 364 g/mol. The van der Waals surface area contributed by atoms with Gasteiger partial charge in [0.15, 0.2) is 0 Å². The minimum atomic E-state index is -0.456. The third kappa shape index (κ3) is 6.29. The zero-order valence-corrected chi connectivity index (χ0v) is 15.1. The summed E-state index contributed by atoms with van der Waals surface area (Å²) in [6, 6.07) is 18.9. The van der Waals surface area contributed by atoms with E-state index in [2.05, 4.69) is 10.6 Å². The summed E-state index contributed by atoms with van der Waals surface area (Å²) in [6.45, 7) is 0. The molecule has 0 unspecified atom stereocenters. The largest absolute Gasteiger partial charge is 0.446 e. The molecule has 0 radical (unpaired) electrons. The third-order valence-electron chi connectivity index (χ3n) is 4.49. The maximum atomic E-state index is 12.1. The molecule has 2 aromatic carbocycles. The van der Waals surface area contributed by atoms with E-state index in [4.69, 9.17) is 4.74 Å². The molecule has 3 rings (SSSR count). The molecule has 0 bridgehead atoms. The fourth-order valence-electron chi connectivity index (χ4n) is 3.19. The fraction of sp³-hybridized carbons (Fsp3) is 0.273. The van der Waals surface area contributed by atoms with Crippen LogP contribution in [0.5, 0.6) is 0 Å². The number of benzene rings is 2. The van der Waals surface area contributed by atoms with Gasteiger partial charge in [-0.1, -0.05) is 48.5 Å². The van der Waals surface area contributed by atoms with E-state index in [1.165, 1.54) is 0 Å². The van der Waals surface area contributed by atoms with Gasteiger partial charge in [0.05, 0.1) is 0 Å². The predicted octanol–water partition coefficient (Wildman–Crippen LogP) is 4.38. The van der Waals surface area contributed by atoms with Crippen molar-refractivity contribution >= 4 is 23.8 Å². The number of amides is 2. The molecule has 0 aromatic heterocycles. The lowest BCUT2D eigenvalue weighted by Crippen LogP contribution is -2.40. The Hall–Kier alpha value is -3.08. The van der Waals surface area contributed by atoms with Crippen LogP contribution < -0.4 is 10.6 Å². The van der Waals surface area contributed by atoms with Gasteiger partial charge in [-0.3, -0.25) is 10.1 Å². The number of hydrogen-bond donors (Lipinski definition) is 2. The fourth-order valence-corrected chi connectivity index (χ4v) is 3.19. The summed E-state index contributed by atoms with van der Waals surface area (Å²) in [5, 5.41) is 5.73. The molecular formula is C22H24N2O3. The van der Waals surface area contributed by atoms with Crippen molar-refractivity contribution < 1.29 is 14.3 Å². The van der Waals surface area contributed by atoms with E-state index in [0.29, 0.717) is 12.1 Å². The van der Waals surface area contributed by atoms with Crippen LogP contribution in [0, 0.1) is 0 Å². The molecule has 2 atom stereocenters. The minimum Gasteiger partial charge on any atom is -0.446 e. The second-order valence-electron chi connectivity index (χ2n) is 6.63. The molecule has 1 saturated carbocycles. The van der Waals surface area contributed by atoms with Crippen LogP contribution in [0.1, 0.15) is 31.2 Å².